The van der Waals surface area contributed by atoms with Crippen molar-refractivity contribution in [1.29, 1.82) is 0 Å². The first-order chi connectivity index (χ1) is 10.8. The van der Waals surface area contributed by atoms with Crippen LogP contribution in [0.2, 0.25) is 0 Å². The van der Waals surface area contributed by atoms with Gasteiger partial charge in [-0.25, -0.2) is 9.78 Å². The second kappa shape index (κ2) is 6.93. The Morgan fingerprint density at radius 3 is 2.41 bits per heavy atom. The number of hydrogen-bond donors (Lipinski definition) is 2. The quantitative estimate of drug-likeness (QED) is 0.907. The van der Waals surface area contributed by atoms with E-state index in [4.69, 9.17) is 0 Å². The van der Waals surface area contributed by atoms with E-state index < -0.39 is 0 Å². The van der Waals surface area contributed by atoms with Gasteiger partial charge in [0.2, 0.25) is 0 Å². The molecular weight excluding hydrogens is 276 g/mol. The van der Waals surface area contributed by atoms with E-state index in [0.29, 0.717) is 5.82 Å². The maximum Gasteiger partial charge on any atom is 0.324 e. The number of carbonyl (C=O) groups excluding carboxylic acids is 1. The van der Waals surface area contributed by atoms with Gasteiger partial charge in [-0.15, -0.1) is 0 Å². The molecule has 1 aromatic heterocycles. The monoisotopic (exact) mass is 296 g/mol. The van der Waals surface area contributed by atoms with Crippen LogP contribution < -0.4 is 15.5 Å². The van der Waals surface area contributed by atoms with Crippen LogP contribution in [0.25, 0.3) is 0 Å². The average molecular weight is 296 g/mol. The van der Waals surface area contributed by atoms with E-state index in [0.717, 1.165) is 24.5 Å². The van der Waals surface area contributed by atoms with Gasteiger partial charge in [0.25, 0.3) is 0 Å². The van der Waals surface area contributed by atoms with Crippen LogP contribution in [0, 0.1) is 0 Å². The maximum atomic E-state index is 11.9. The third-order valence-electron chi connectivity index (χ3n) is 3.74. The summed E-state index contributed by atoms with van der Waals surface area (Å²) in [6.07, 6.45) is 5.60. The molecule has 0 unspecified atom stereocenters. The van der Waals surface area contributed by atoms with Gasteiger partial charge in [0.15, 0.2) is 0 Å². The molecule has 2 aromatic rings. The van der Waals surface area contributed by atoms with Crippen molar-refractivity contribution in [3.8, 4) is 0 Å². The molecule has 5 heteroatoms. The lowest BCUT2D eigenvalue weighted by Crippen LogP contribution is -2.29. The zero-order valence-electron chi connectivity index (χ0n) is 12.5. The molecule has 114 valence electrons. The smallest absolute Gasteiger partial charge is 0.324 e. The lowest BCUT2D eigenvalue weighted by molar-refractivity contribution is 0.262. The van der Waals surface area contributed by atoms with E-state index in [2.05, 4.69) is 20.5 Å². The number of pyridine rings is 1. The Morgan fingerprint density at radius 1 is 0.955 bits per heavy atom. The van der Waals surface area contributed by atoms with Crippen molar-refractivity contribution in [2.75, 3.05) is 28.6 Å². The highest BCUT2D eigenvalue weighted by Crippen LogP contribution is 2.20. The number of benzene rings is 1. The molecule has 22 heavy (non-hydrogen) atoms. The van der Waals surface area contributed by atoms with E-state index in [9.17, 15) is 4.79 Å². The zero-order chi connectivity index (χ0) is 15.2. The number of amides is 2. The summed E-state index contributed by atoms with van der Waals surface area (Å²) in [4.78, 5) is 18.6. The predicted molar refractivity (Wildman–Crippen MR) is 89.4 cm³/mol. The number of piperidine rings is 1. The summed E-state index contributed by atoms with van der Waals surface area (Å²) >= 11 is 0. The maximum absolute atomic E-state index is 11.9. The normalized spacial score (nSPS) is 14.5. The molecular formula is C17H20N4O. The Morgan fingerprint density at radius 2 is 1.73 bits per heavy atom. The van der Waals surface area contributed by atoms with E-state index in [1.54, 1.807) is 0 Å². The molecule has 0 aliphatic carbocycles. The SMILES string of the molecule is O=C(Nc1ccccc1)Nc1ccc(N2CCCCC2)cn1. The van der Waals surface area contributed by atoms with Crippen molar-refractivity contribution in [3.05, 3.63) is 48.7 Å². The van der Waals surface area contributed by atoms with Gasteiger partial charge >= 0.3 is 6.03 Å². The lowest BCUT2D eigenvalue weighted by atomic mass is 10.1. The van der Waals surface area contributed by atoms with Gasteiger partial charge in [0.05, 0.1) is 11.9 Å². The van der Waals surface area contributed by atoms with Gasteiger partial charge in [-0.3, -0.25) is 5.32 Å². The van der Waals surface area contributed by atoms with Crippen molar-refractivity contribution in [2.45, 2.75) is 19.3 Å². The van der Waals surface area contributed by atoms with Crippen LogP contribution in [0.4, 0.5) is 22.0 Å². The fraction of sp³-hybridized carbons (Fsp3) is 0.294. The molecule has 0 bridgehead atoms. The summed E-state index contributed by atoms with van der Waals surface area (Å²) in [7, 11) is 0. The van der Waals surface area contributed by atoms with E-state index in [-0.39, 0.29) is 6.03 Å². The standard InChI is InChI=1S/C17H20N4O/c22-17(19-14-7-3-1-4-8-14)20-16-10-9-15(13-18-16)21-11-5-2-6-12-21/h1,3-4,7-10,13H,2,5-6,11-12H2,(H2,18,19,20,22). The minimum atomic E-state index is -0.288. The fourth-order valence-electron chi connectivity index (χ4n) is 2.60. The first kappa shape index (κ1) is 14.4. The summed E-state index contributed by atoms with van der Waals surface area (Å²) in [5.74, 6) is 0.550. The number of nitrogens with one attached hydrogen (secondary N) is 2. The zero-order valence-corrected chi connectivity index (χ0v) is 12.5. The molecule has 0 saturated carbocycles. The van der Waals surface area contributed by atoms with Gasteiger partial charge in [-0.1, -0.05) is 18.2 Å². The molecule has 1 aliphatic heterocycles. The minimum absolute atomic E-state index is 0.288. The minimum Gasteiger partial charge on any atom is -0.370 e. The molecule has 1 saturated heterocycles. The summed E-state index contributed by atoms with van der Waals surface area (Å²) in [5, 5.41) is 5.51. The average Bonchev–Trinajstić information content (AvgIpc) is 2.57. The number of carbonyl (C=O) groups is 1. The summed E-state index contributed by atoms with van der Waals surface area (Å²) in [6.45, 7) is 2.17. The number of nitrogens with zero attached hydrogens (tertiary/aromatic N) is 2. The molecule has 5 nitrogen and oxygen atoms in total. The van der Waals surface area contributed by atoms with E-state index in [1.807, 2.05) is 48.7 Å². The summed E-state index contributed by atoms with van der Waals surface area (Å²) in [6, 6.07) is 12.9. The topological polar surface area (TPSA) is 57.3 Å². The van der Waals surface area contributed by atoms with Crippen molar-refractivity contribution in [1.82, 2.24) is 4.98 Å². The molecule has 0 radical (unpaired) electrons. The highest BCUT2D eigenvalue weighted by molar-refractivity contribution is 5.99. The third kappa shape index (κ3) is 3.75. The van der Waals surface area contributed by atoms with Crippen LogP contribution in [-0.4, -0.2) is 24.1 Å². The van der Waals surface area contributed by atoms with Crippen molar-refractivity contribution in [3.63, 3.8) is 0 Å². The Balaban J connectivity index is 1.57. The second-order valence-electron chi connectivity index (χ2n) is 5.39. The molecule has 2 amide bonds. The van der Waals surface area contributed by atoms with Crippen molar-refractivity contribution < 1.29 is 4.79 Å². The number of urea groups is 1. The number of para-hydroxylation sites is 1. The van der Waals surface area contributed by atoms with Gasteiger partial charge in [-0.05, 0) is 43.5 Å². The fourth-order valence-corrected chi connectivity index (χ4v) is 2.60. The first-order valence-corrected chi connectivity index (χ1v) is 7.65. The number of hydrogen-bond acceptors (Lipinski definition) is 3. The van der Waals surface area contributed by atoms with E-state index in [1.165, 1.54) is 19.3 Å². The number of aromatic nitrogens is 1. The van der Waals surface area contributed by atoms with Crippen LogP contribution in [0.15, 0.2) is 48.7 Å². The third-order valence-corrected chi connectivity index (χ3v) is 3.74. The van der Waals surface area contributed by atoms with Crippen LogP contribution in [-0.2, 0) is 0 Å². The van der Waals surface area contributed by atoms with Gasteiger partial charge < -0.3 is 10.2 Å². The van der Waals surface area contributed by atoms with Crippen LogP contribution >= 0.6 is 0 Å². The van der Waals surface area contributed by atoms with E-state index >= 15 is 0 Å². The summed E-state index contributed by atoms with van der Waals surface area (Å²) < 4.78 is 0. The number of anilines is 3. The Hall–Kier alpha value is -2.56. The van der Waals surface area contributed by atoms with Crippen LogP contribution in [0.3, 0.4) is 0 Å². The van der Waals surface area contributed by atoms with Gasteiger partial charge in [0, 0.05) is 18.8 Å². The van der Waals surface area contributed by atoms with Gasteiger partial charge in [0.1, 0.15) is 5.82 Å². The Kier molecular flexibility index (Phi) is 4.53. The second-order valence-corrected chi connectivity index (χ2v) is 5.39. The largest absolute Gasteiger partial charge is 0.370 e. The molecule has 0 atom stereocenters. The number of rotatable bonds is 3. The van der Waals surface area contributed by atoms with Crippen molar-refractivity contribution in [2.24, 2.45) is 0 Å². The molecule has 3 rings (SSSR count). The molecule has 0 spiro atoms. The molecule has 2 N–H and O–H groups in total. The molecule has 1 fully saturated rings. The highest BCUT2D eigenvalue weighted by atomic mass is 16.2. The predicted octanol–water partition coefficient (Wildman–Crippen LogP) is 3.72. The Bertz CT molecular complexity index is 606. The Labute approximate surface area is 130 Å². The highest BCUT2D eigenvalue weighted by Gasteiger charge is 2.11. The van der Waals surface area contributed by atoms with Crippen molar-refractivity contribution >= 4 is 23.2 Å². The van der Waals surface area contributed by atoms with Crippen LogP contribution in [0.5, 0.6) is 0 Å². The summed E-state index contributed by atoms with van der Waals surface area (Å²) in [5.41, 5.74) is 1.87. The molecule has 1 aromatic carbocycles. The van der Waals surface area contributed by atoms with Crippen LogP contribution in [0.1, 0.15) is 19.3 Å². The lowest BCUT2D eigenvalue weighted by Gasteiger charge is -2.28. The molecule has 1 aliphatic rings. The molecule has 2 heterocycles. The first-order valence-electron chi connectivity index (χ1n) is 7.65. The van der Waals surface area contributed by atoms with Gasteiger partial charge in [-0.2, -0.15) is 0 Å².